The molecule has 0 aliphatic carbocycles. The monoisotopic (exact) mass is 1030 g/mol. The average molecular weight is 1030 g/mol. The Bertz CT molecular complexity index is 2570. The fourth-order valence-corrected chi connectivity index (χ4v) is 6.90. The second-order valence-electron chi connectivity index (χ2n) is 15.2. The zero-order chi connectivity index (χ0) is 54.6. The van der Waals surface area contributed by atoms with Crippen LogP contribution in [0.2, 0.25) is 0 Å². The van der Waals surface area contributed by atoms with Crippen LogP contribution in [-0.2, 0) is 18.6 Å². The minimum atomic E-state index is 0.640. The van der Waals surface area contributed by atoms with Gasteiger partial charge in [0.05, 0.1) is 31.3 Å². The van der Waals surface area contributed by atoms with Gasteiger partial charge in [0.1, 0.15) is 29.3 Å². The standard InChI is InChI=1S/C14H19NO.C13H17NO.C9H9NOS.C9H9NO.C8H7NO.5C2H6/c1-2-3-4-5-7-13-10-12(11-16-13)14-8-6-9-15-14;1-2-3-4-6-12-9-11(10-15-12)13-7-5-8-14-13;12-6-8-4-7(5-11-8)9-2-1-3-10-9;1-7-5-8(6-11-7)9-3-2-4-10-9;1-2-8(9-4-1)7-3-5-10-6-7;5*1-2/h6,8-11,15H,2-5,7H2,1H3;5,7-10,14H,2-4,6H2,1H3;1-5,10,12H,6H2;2-6,10H,1H3;1-6,9H;5*1-2H3. The van der Waals surface area contributed by atoms with E-state index in [1.54, 1.807) is 25.1 Å². The SMILES string of the molecule is CC.CC.CC.CC.CC.CCCCCCc1cc(-c2ccc[nH]2)co1.CCCCCc1cc(-c2ccc[nH]2)co1.Cc1cc(-c2ccc[nH]2)co1.SCc1cc(-c2ccc[nH]2)co1.c1c[nH]c(-c2ccoc2)c1. The fraction of sp³-hybridized carbons (Fsp3) is 0.365. The van der Waals surface area contributed by atoms with E-state index in [4.69, 9.17) is 22.1 Å². The van der Waals surface area contributed by atoms with Crippen LogP contribution in [0.25, 0.3) is 56.3 Å². The van der Waals surface area contributed by atoms with Crippen molar-refractivity contribution in [2.45, 2.75) is 154 Å². The molecule has 0 amide bonds. The number of H-pyrrole nitrogens is 5. The van der Waals surface area contributed by atoms with Crippen LogP contribution < -0.4 is 0 Å². The predicted molar refractivity (Wildman–Crippen MR) is 318 cm³/mol. The highest BCUT2D eigenvalue weighted by Gasteiger charge is 2.06. The van der Waals surface area contributed by atoms with Crippen LogP contribution in [0.3, 0.4) is 0 Å². The first kappa shape index (κ1) is 65.2. The fourth-order valence-electron chi connectivity index (χ4n) is 6.74. The van der Waals surface area contributed by atoms with Crippen LogP contribution in [0.5, 0.6) is 0 Å². The van der Waals surface area contributed by atoms with E-state index in [0.717, 1.165) is 92.2 Å². The van der Waals surface area contributed by atoms with Gasteiger partial charge in [-0.15, -0.1) is 0 Å². The zero-order valence-corrected chi connectivity index (χ0v) is 48.0. The largest absolute Gasteiger partial charge is 0.472 e. The summed E-state index contributed by atoms with van der Waals surface area (Å²) in [5.74, 6) is 4.66. The maximum atomic E-state index is 5.55. The van der Waals surface area contributed by atoms with E-state index in [1.165, 1.54) is 44.9 Å². The number of rotatable bonds is 15. The zero-order valence-electron chi connectivity index (χ0n) is 47.1. The van der Waals surface area contributed by atoms with E-state index in [1.807, 2.05) is 186 Å². The Hall–Kier alpha value is -6.85. The third kappa shape index (κ3) is 24.7. The first-order valence-corrected chi connectivity index (χ1v) is 27.7. The summed E-state index contributed by atoms with van der Waals surface area (Å²) in [6, 6.07) is 30.2. The first-order chi connectivity index (χ1) is 36.5. The second-order valence-corrected chi connectivity index (χ2v) is 15.5. The molecule has 10 rings (SSSR count). The van der Waals surface area contributed by atoms with Crippen molar-refractivity contribution in [1.29, 1.82) is 0 Å². The van der Waals surface area contributed by atoms with Crippen molar-refractivity contribution < 1.29 is 22.1 Å². The second kappa shape index (κ2) is 42.6. The Kier molecular flexibility index (Phi) is 37.5. The molecule has 10 aromatic heterocycles. The summed E-state index contributed by atoms with van der Waals surface area (Å²) >= 11 is 4.12. The lowest BCUT2D eigenvalue weighted by atomic mass is 10.1. The van der Waals surface area contributed by atoms with Gasteiger partial charge in [0.15, 0.2) is 0 Å². The van der Waals surface area contributed by atoms with Gasteiger partial charge >= 0.3 is 0 Å². The molecule has 404 valence electrons. The van der Waals surface area contributed by atoms with Gasteiger partial charge in [-0.3, -0.25) is 0 Å². The third-order valence-corrected chi connectivity index (χ3v) is 10.5. The molecule has 0 bridgehead atoms. The van der Waals surface area contributed by atoms with Crippen LogP contribution >= 0.6 is 12.6 Å². The molecule has 0 aliphatic heterocycles. The van der Waals surface area contributed by atoms with Crippen molar-refractivity contribution in [3.8, 4) is 56.3 Å². The lowest BCUT2D eigenvalue weighted by Gasteiger charge is -1.95. The Balaban J connectivity index is 0.000000446. The topological polar surface area (TPSA) is 145 Å². The molecule has 0 radical (unpaired) electrons. The summed E-state index contributed by atoms with van der Waals surface area (Å²) in [6.07, 6.45) is 31.1. The first-order valence-electron chi connectivity index (χ1n) is 27.1. The van der Waals surface area contributed by atoms with Crippen molar-refractivity contribution in [3.63, 3.8) is 0 Å². The van der Waals surface area contributed by atoms with Crippen molar-refractivity contribution in [1.82, 2.24) is 24.9 Å². The van der Waals surface area contributed by atoms with E-state index >= 15 is 0 Å². The quantitative estimate of drug-likeness (QED) is 0.0447. The molecule has 11 heteroatoms. The van der Waals surface area contributed by atoms with Crippen molar-refractivity contribution >= 4 is 12.6 Å². The van der Waals surface area contributed by atoms with Crippen LogP contribution in [0.1, 0.15) is 151 Å². The number of hydrogen-bond acceptors (Lipinski definition) is 6. The van der Waals surface area contributed by atoms with E-state index < -0.39 is 0 Å². The number of aryl methyl sites for hydroxylation is 3. The molecule has 0 saturated carbocycles. The Morgan fingerprint density at radius 1 is 0.378 bits per heavy atom. The van der Waals surface area contributed by atoms with E-state index in [-0.39, 0.29) is 0 Å². The number of thiol groups is 1. The highest BCUT2D eigenvalue weighted by atomic mass is 32.1. The van der Waals surface area contributed by atoms with Crippen LogP contribution in [0.4, 0.5) is 0 Å². The van der Waals surface area contributed by atoms with Crippen molar-refractivity contribution in [3.05, 3.63) is 183 Å². The number of aromatic amines is 5. The van der Waals surface area contributed by atoms with Gasteiger partial charge in [-0.1, -0.05) is 115 Å². The molecule has 74 heavy (non-hydrogen) atoms. The third-order valence-electron chi connectivity index (χ3n) is 10.2. The summed E-state index contributed by atoms with van der Waals surface area (Å²) < 4.78 is 26.4. The molecule has 10 nitrogen and oxygen atoms in total. The Labute approximate surface area is 450 Å². The lowest BCUT2D eigenvalue weighted by Crippen LogP contribution is -1.82. The van der Waals surface area contributed by atoms with Gasteiger partial charge in [-0.05, 0) is 111 Å². The Morgan fingerprint density at radius 2 is 0.716 bits per heavy atom. The van der Waals surface area contributed by atoms with E-state index in [9.17, 15) is 0 Å². The number of aromatic nitrogens is 5. The number of hydrogen-bond donors (Lipinski definition) is 6. The normalized spacial score (nSPS) is 9.49. The van der Waals surface area contributed by atoms with Gasteiger partial charge in [0.25, 0.3) is 0 Å². The Morgan fingerprint density at radius 3 is 1.03 bits per heavy atom. The van der Waals surface area contributed by atoms with Crippen LogP contribution in [0, 0.1) is 6.92 Å². The molecule has 0 unspecified atom stereocenters. The van der Waals surface area contributed by atoms with Crippen molar-refractivity contribution in [2.75, 3.05) is 0 Å². The van der Waals surface area contributed by atoms with Crippen molar-refractivity contribution in [2.24, 2.45) is 0 Å². The number of unbranched alkanes of at least 4 members (excludes halogenated alkanes) is 5. The summed E-state index contributed by atoms with van der Waals surface area (Å²) in [6.45, 7) is 26.4. The summed E-state index contributed by atoms with van der Waals surface area (Å²) in [4.78, 5) is 15.6. The molecule has 10 aromatic rings. The van der Waals surface area contributed by atoms with Crippen LogP contribution in [0.15, 0.2) is 182 Å². The van der Waals surface area contributed by atoms with Gasteiger partial charge in [-0.25, -0.2) is 0 Å². The van der Waals surface area contributed by atoms with Gasteiger partial charge in [0.2, 0.25) is 0 Å². The molecule has 10 heterocycles. The summed E-state index contributed by atoms with van der Waals surface area (Å²) in [7, 11) is 0. The van der Waals surface area contributed by atoms with Gasteiger partial charge in [0, 0.05) is 106 Å². The average Bonchev–Trinajstić information content (AvgIpc) is 4.30. The van der Waals surface area contributed by atoms with Gasteiger partial charge in [-0.2, -0.15) is 12.6 Å². The summed E-state index contributed by atoms with van der Waals surface area (Å²) in [5, 5.41) is 0. The number of furan rings is 5. The minimum Gasteiger partial charge on any atom is -0.472 e. The predicted octanol–water partition coefficient (Wildman–Crippen LogP) is 21.1. The molecule has 0 spiro atoms. The molecule has 0 atom stereocenters. The lowest BCUT2D eigenvalue weighted by molar-refractivity contribution is 0.495. The van der Waals surface area contributed by atoms with E-state index in [0.29, 0.717) is 5.75 Å². The molecular weight excluding hydrogens is 939 g/mol. The highest BCUT2D eigenvalue weighted by Crippen LogP contribution is 2.24. The molecule has 5 N–H and O–H groups in total. The number of nitrogens with one attached hydrogen (secondary N) is 5. The maximum Gasteiger partial charge on any atom is 0.114 e. The maximum absolute atomic E-state index is 5.55. The minimum absolute atomic E-state index is 0.640. The highest BCUT2D eigenvalue weighted by molar-refractivity contribution is 7.79. The molecule has 0 saturated heterocycles. The van der Waals surface area contributed by atoms with E-state index in [2.05, 4.69) is 75.7 Å². The van der Waals surface area contributed by atoms with Crippen LogP contribution in [-0.4, -0.2) is 24.9 Å². The molecule has 0 fully saturated rings. The smallest absolute Gasteiger partial charge is 0.114 e. The van der Waals surface area contributed by atoms with Gasteiger partial charge < -0.3 is 47.0 Å². The molecular formula is C63H91N5O5S. The molecule has 0 aromatic carbocycles. The summed E-state index contributed by atoms with van der Waals surface area (Å²) in [5.41, 5.74) is 11.1. The molecule has 0 aliphatic rings.